The van der Waals surface area contributed by atoms with Crippen LogP contribution in [0.5, 0.6) is 0 Å². The van der Waals surface area contributed by atoms with Crippen molar-refractivity contribution in [3.8, 4) is 23.7 Å². The highest BCUT2D eigenvalue weighted by Gasteiger charge is 1.96. The van der Waals surface area contributed by atoms with Gasteiger partial charge in [0.25, 0.3) is 0 Å². The monoisotopic (exact) mass is 202 g/mol. The third kappa shape index (κ3) is 3.78. The first kappa shape index (κ1) is 11.2. The van der Waals surface area contributed by atoms with Crippen molar-refractivity contribution >= 4 is 0 Å². The quantitative estimate of drug-likeness (QED) is 0.555. The standard InChI is InChI=1S/C11H10N2O2/c1-9-12-10(4-2-6-14)8-11(13-9)5-3-7-15/h8,14-15H,6-7H2,1H3. The average Bonchev–Trinajstić information content (AvgIpc) is 2.23. The van der Waals surface area contributed by atoms with Crippen molar-refractivity contribution in [2.45, 2.75) is 6.92 Å². The van der Waals surface area contributed by atoms with E-state index in [1.165, 1.54) is 0 Å². The fraction of sp³-hybridized carbons (Fsp3) is 0.273. The molecule has 0 atom stereocenters. The molecule has 0 aliphatic rings. The van der Waals surface area contributed by atoms with E-state index in [4.69, 9.17) is 10.2 Å². The van der Waals surface area contributed by atoms with Gasteiger partial charge < -0.3 is 10.2 Å². The van der Waals surface area contributed by atoms with E-state index in [-0.39, 0.29) is 13.2 Å². The number of hydrogen-bond acceptors (Lipinski definition) is 4. The highest BCUT2D eigenvalue weighted by atomic mass is 16.3. The maximum absolute atomic E-state index is 8.53. The molecule has 0 aromatic carbocycles. The fourth-order valence-electron chi connectivity index (χ4n) is 0.956. The van der Waals surface area contributed by atoms with Gasteiger partial charge in [-0.15, -0.1) is 0 Å². The Morgan fingerprint density at radius 3 is 1.93 bits per heavy atom. The van der Waals surface area contributed by atoms with Crippen molar-refractivity contribution in [3.05, 3.63) is 23.3 Å². The molecule has 0 saturated carbocycles. The maximum atomic E-state index is 8.53. The summed E-state index contributed by atoms with van der Waals surface area (Å²) in [5.74, 6) is 10.9. The van der Waals surface area contributed by atoms with Gasteiger partial charge in [-0.1, -0.05) is 11.8 Å². The molecule has 0 unspecified atom stereocenters. The first-order chi connectivity index (χ1) is 7.26. The number of aryl methyl sites for hydroxylation is 1. The van der Waals surface area contributed by atoms with Crippen molar-refractivity contribution in [1.82, 2.24) is 9.97 Å². The Bertz CT molecular complexity index is 421. The lowest BCUT2D eigenvalue weighted by Crippen LogP contribution is -1.95. The second kappa shape index (κ2) is 5.77. The Hall–Kier alpha value is -1.88. The minimum Gasteiger partial charge on any atom is -0.384 e. The number of hydrogen-bond donors (Lipinski definition) is 2. The average molecular weight is 202 g/mol. The van der Waals surface area contributed by atoms with Crippen LogP contribution in [0.3, 0.4) is 0 Å². The number of aromatic nitrogens is 2. The van der Waals surface area contributed by atoms with Gasteiger partial charge in [0.2, 0.25) is 0 Å². The van der Waals surface area contributed by atoms with Gasteiger partial charge in [0, 0.05) is 6.07 Å². The summed E-state index contributed by atoms with van der Waals surface area (Å²) in [7, 11) is 0. The molecule has 0 radical (unpaired) electrons. The van der Waals surface area contributed by atoms with Crippen molar-refractivity contribution < 1.29 is 10.2 Å². The van der Waals surface area contributed by atoms with E-state index >= 15 is 0 Å². The highest BCUT2D eigenvalue weighted by Crippen LogP contribution is 1.98. The van der Waals surface area contributed by atoms with Gasteiger partial charge in [0.1, 0.15) is 30.4 Å². The van der Waals surface area contributed by atoms with Crippen LogP contribution >= 0.6 is 0 Å². The summed E-state index contributed by atoms with van der Waals surface area (Å²) in [4.78, 5) is 8.11. The fourth-order valence-corrected chi connectivity index (χ4v) is 0.956. The molecule has 0 spiro atoms. The van der Waals surface area contributed by atoms with E-state index in [0.717, 1.165) is 0 Å². The number of aliphatic hydroxyl groups is 2. The first-order valence-corrected chi connectivity index (χ1v) is 4.31. The largest absolute Gasteiger partial charge is 0.384 e. The molecule has 0 amide bonds. The van der Waals surface area contributed by atoms with Crippen LogP contribution in [0.2, 0.25) is 0 Å². The molecular formula is C11H10N2O2. The van der Waals surface area contributed by atoms with E-state index in [2.05, 4.69) is 33.6 Å². The molecule has 0 aliphatic heterocycles. The first-order valence-electron chi connectivity index (χ1n) is 4.31. The van der Waals surface area contributed by atoms with Crippen LogP contribution in [-0.2, 0) is 0 Å². The molecule has 4 heteroatoms. The summed E-state index contributed by atoms with van der Waals surface area (Å²) < 4.78 is 0. The molecule has 1 aromatic rings. The van der Waals surface area contributed by atoms with Gasteiger partial charge in [-0.25, -0.2) is 9.97 Å². The molecule has 1 heterocycles. The Morgan fingerprint density at radius 2 is 1.53 bits per heavy atom. The molecule has 0 bridgehead atoms. The number of aliphatic hydroxyl groups excluding tert-OH is 2. The summed E-state index contributed by atoms with van der Waals surface area (Å²) in [6, 6.07) is 1.61. The molecule has 2 N–H and O–H groups in total. The smallest absolute Gasteiger partial charge is 0.128 e. The van der Waals surface area contributed by atoms with E-state index in [9.17, 15) is 0 Å². The van der Waals surface area contributed by atoms with Crippen molar-refractivity contribution in [2.75, 3.05) is 13.2 Å². The van der Waals surface area contributed by atoms with Gasteiger partial charge >= 0.3 is 0 Å². The third-order valence-corrected chi connectivity index (χ3v) is 1.43. The normalized spacial score (nSPS) is 8.47. The van der Waals surface area contributed by atoms with Gasteiger partial charge in [-0.2, -0.15) is 0 Å². The molecule has 0 fully saturated rings. The molecule has 76 valence electrons. The lowest BCUT2D eigenvalue weighted by molar-refractivity contribution is 0.350. The van der Waals surface area contributed by atoms with Crippen molar-refractivity contribution in [2.24, 2.45) is 0 Å². The van der Waals surface area contributed by atoms with E-state index in [0.29, 0.717) is 17.2 Å². The topological polar surface area (TPSA) is 66.2 Å². The van der Waals surface area contributed by atoms with Crippen molar-refractivity contribution in [1.29, 1.82) is 0 Å². The van der Waals surface area contributed by atoms with Crippen LogP contribution in [0, 0.1) is 30.6 Å². The SMILES string of the molecule is Cc1nc(C#CCO)cc(C#CCO)n1. The zero-order valence-corrected chi connectivity index (χ0v) is 8.28. The molecule has 15 heavy (non-hydrogen) atoms. The molecule has 1 aromatic heterocycles. The maximum Gasteiger partial charge on any atom is 0.128 e. The lowest BCUT2D eigenvalue weighted by Gasteiger charge is -1.95. The Balaban J connectivity index is 3.05. The van der Waals surface area contributed by atoms with Crippen LogP contribution in [0.4, 0.5) is 0 Å². The van der Waals surface area contributed by atoms with Gasteiger partial charge in [0.05, 0.1) is 0 Å². The molecule has 1 rings (SSSR count). The second-order valence-corrected chi connectivity index (χ2v) is 2.61. The van der Waals surface area contributed by atoms with Crippen LogP contribution in [0.15, 0.2) is 6.07 Å². The third-order valence-electron chi connectivity index (χ3n) is 1.43. The zero-order chi connectivity index (χ0) is 11.1. The molecule has 0 aliphatic carbocycles. The van der Waals surface area contributed by atoms with Crippen LogP contribution < -0.4 is 0 Å². The Labute approximate surface area is 88.0 Å². The minimum absolute atomic E-state index is 0.208. The van der Waals surface area contributed by atoms with Crippen LogP contribution in [-0.4, -0.2) is 33.4 Å². The van der Waals surface area contributed by atoms with Crippen LogP contribution in [0.1, 0.15) is 17.2 Å². The van der Waals surface area contributed by atoms with Crippen molar-refractivity contribution in [3.63, 3.8) is 0 Å². The van der Waals surface area contributed by atoms with Gasteiger partial charge in [-0.05, 0) is 18.8 Å². The summed E-state index contributed by atoms with van der Waals surface area (Å²) in [6.07, 6.45) is 0. The molecule has 4 nitrogen and oxygen atoms in total. The lowest BCUT2D eigenvalue weighted by atomic mass is 10.3. The Morgan fingerprint density at radius 1 is 1.07 bits per heavy atom. The number of rotatable bonds is 0. The van der Waals surface area contributed by atoms with E-state index in [1.54, 1.807) is 13.0 Å². The van der Waals surface area contributed by atoms with E-state index < -0.39 is 0 Å². The predicted octanol–water partition coefficient (Wildman–Crippen LogP) is -0.527. The zero-order valence-electron chi connectivity index (χ0n) is 8.28. The Kier molecular flexibility index (Phi) is 4.30. The van der Waals surface area contributed by atoms with Crippen LogP contribution in [0.25, 0.3) is 0 Å². The number of nitrogens with zero attached hydrogens (tertiary/aromatic N) is 2. The molecule has 0 saturated heterocycles. The summed E-state index contributed by atoms with van der Waals surface area (Å²) >= 11 is 0. The highest BCUT2D eigenvalue weighted by molar-refractivity contribution is 5.36. The summed E-state index contributed by atoms with van der Waals surface area (Å²) in [6.45, 7) is 1.32. The van der Waals surface area contributed by atoms with Gasteiger partial charge in [-0.3, -0.25) is 0 Å². The minimum atomic E-state index is -0.208. The molecular weight excluding hydrogens is 192 g/mol. The summed E-state index contributed by atoms with van der Waals surface area (Å²) in [5, 5.41) is 17.1. The predicted molar refractivity (Wildman–Crippen MR) is 54.7 cm³/mol. The van der Waals surface area contributed by atoms with Gasteiger partial charge in [0.15, 0.2) is 0 Å². The van der Waals surface area contributed by atoms with E-state index in [1.807, 2.05) is 0 Å². The summed E-state index contributed by atoms with van der Waals surface area (Å²) in [5.41, 5.74) is 1.03. The second-order valence-electron chi connectivity index (χ2n) is 2.61.